The Bertz CT molecular complexity index is 1640. The van der Waals surface area contributed by atoms with Gasteiger partial charge in [-0.2, -0.15) is 26.3 Å². The van der Waals surface area contributed by atoms with E-state index in [4.69, 9.17) is 15.6 Å². The Hall–Kier alpha value is -4.04. The normalized spacial score (nSPS) is 18.4. The molecule has 59 heavy (non-hydrogen) atoms. The Balaban J connectivity index is 0.000000217. The Morgan fingerprint density at radius 3 is 1.69 bits per heavy atom. The third kappa shape index (κ3) is 17.6. The van der Waals surface area contributed by atoms with E-state index in [0.717, 1.165) is 19.3 Å². The maximum absolute atomic E-state index is 12.7. The van der Waals surface area contributed by atoms with Gasteiger partial charge in [-0.05, 0) is 104 Å². The lowest BCUT2D eigenvalue weighted by molar-refractivity contribution is -0.138. The predicted octanol–water partition coefficient (Wildman–Crippen LogP) is 9.55. The van der Waals surface area contributed by atoms with Crippen LogP contribution in [0.1, 0.15) is 57.8 Å². The highest BCUT2D eigenvalue weighted by Crippen LogP contribution is 2.38. The number of halogens is 6. The number of alkyl halides is 6. The second-order valence-corrected chi connectivity index (χ2v) is 16.8. The average molecular weight is 878 g/mol. The Morgan fingerprint density at radius 1 is 0.661 bits per heavy atom. The molecule has 0 unspecified atom stereocenters. The molecule has 0 spiro atoms. The first-order chi connectivity index (χ1) is 28.0. The van der Waals surface area contributed by atoms with E-state index in [9.17, 15) is 45.5 Å². The predicted molar refractivity (Wildman–Crippen MR) is 213 cm³/mol. The molecule has 4 fully saturated rings. The van der Waals surface area contributed by atoms with Crippen LogP contribution in [-0.2, 0) is 14.3 Å². The van der Waals surface area contributed by atoms with Gasteiger partial charge in [0, 0.05) is 93.4 Å². The van der Waals surface area contributed by atoms with E-state index < -0.39 is 17.1 Å². The van der Waals surface area contributed by atoms with Crippen molar-refractivity contribution in [3.63, 3.8) is 0 Å². The molecule has 0 radical (unpaired) electrons. The Kier molecular flexibility index (Phi) is 18.6. The van der Waals surface area contributed by atoms with Crippen LogP contribution < -0.4 is 5.32 Å². The second kappa shape index (κ2) is 23.1. The molecule has 3 saturated heterocycles. The number of benzene rings is 2. The number of hydrogen-bond acceptors (Lipinski definition) is 7. The summed E-state index contributed by atoms with van der Waals surface area (Å²) in [4.78, 5) is 55.1. The zero-order chi connectivity index (χ0) is 43.0. The van der Waals surface area contributed by atoms with Crippen LogP contribution in [0.25, 0.3) is 5.73 Å². The number of rotatable bonds is 6. The number of nitrogens with zero attached hydrogens (tertiary/aromatic N) is 4. The minimum Gasteiger partial charge on any atom is -0.699 e. The molecule has 2 aromatic rings. The van der Waals surface area contributed by atoms with Gasteiger partial charge in [-0.1, -0.05) is 25.0 Å². The summed E-state index contributed by atoms with van der Waals surface area (Å²) in [6.07, 6.45) is 7.57. The summed E-state index contributed by atoms with van der Waals surface area (Å²) < 4.78 is 77.8. The molecule has 2 aromatic carbocycles. The first-order valence-electron chi connectivity index (χ1n) is 19.6. The van der Waals surface area contributed by atoms with E-state index >= 15 is 0 Å². The summed E-state index contributed by atoms with van der Waals surface area (Å²) in [7, 11) is 0. The number of nitrogens with one attached hydrogen (secondary N) is 2. The topological polar surface area (TPSA) is 147 Å². The first kappa shape index (κ1) is 47.6. The van der Waals surface area contributed by atoms with Gasteiger partial charge < -0.3 is 40.5 Å². The van der Waals surface area contributed by atoms with E-state index in [0.29, 0.717) is 90.0 Å². The summed E-state index contributed by atoms with van der Waals surface area (Å²) in [5, 5.41) is 11.7. The average Bonchev–Trinajstić information content (AvgIpc) is 3.40. The van der Waals surface area contributed by atoms with Crippen molar-refractivity contribution < 1.29 is 55.4 Å². The molecule has 12 nitrogen and oxygen atoms in total. The zero-order valence-electron chi connectivity index (χ0n) is 32.6. The molecule has 1 saturated carbocycles. The summed E-state index contributed by atoms with van der Waals surface area (Å²) in [5.74, 6) is 0.913. The number of carbonyl (C=O) groups excluding carboxylic acids is 3. The fourth-order valence-corrected chi connectivity index (χ4v) is 8.17. The molecule has 4 aliphatic rings. The van der Waals surface area contributed by atoms with Crippen LogP contribution in [0.2, 0.25) is 0 Å². The van der Waals surface area contributed by atoms with Crippen molar-refractivity contribution in [2.45, 2.75) is 78.6 Å². The van der Waals surface area contributed by atoms with Crippen molar-refractivity contribution in [2.24, 2.45) is 11.8 Å². The molecule has 1 aliphatic carbocycles. The van der Waals surface area contributed by atoms with E-state index in [2.05, 4.69) is 5.32 Å². The van der Waals surface area contributed by atoms with Crippen molar-refractivity contribution in [3.05, 3.63) is 54.3 Å². The minimum absolute atomic E-state index is 0.00258. The Labute approximate surface area is 348 Å². The summed E-state index contributed by atoms with van der Waals surface area (Å²) in [5.41, 5.74) is -0.916. The molecule has 3 aliphatic heterocycles. The monoisotopic (exact) mass is 877 g/mol. The van der Waals surface area contributed by atoms with Crippen molar-refractivity contribution in [1.29, 1.82) is 0 Å². The van der Waals surface area contributed by atoms with Gasteiger partial charge in [0.15, 0.2) is 0 Å². The van der Waals surface area contributed by atoms with Gasteiger partial charge >= 0.3 is 23.1 Å². The van der Waals surface area contributed by atoms with Gasteiger partial charge in [0.05, 0.1) is 0 Å². The molecule has 6 rings (SSSR count). The highest BCUT2D eigenvalue weighted by atomic mass is 32.2. The maximum Gasteiger partial charge on any atom is 0.446 e. The fraction of sp³-hybridized carbons (Fsp3) is 0.590. The van der Waals surface area contributed by atoms with E-state index in [1.807, 2.05) is 9.80 Å². The molecule has 328 valence electrons. The number of anilines is 1. The molecule has 0 aromatic heterocycles. The Morgan fingerprint density at radius 2 is 1.14 bits per heavy atom. The highest BCUT2D eigenvalue weighted by Gasteiger charge is 2.31. The van der Waals surface area contributed by atoms with Crippen LogP contribution in [0.4, 0.5) is 47.3 Å². The number of hydrogen-bond donors (Lipinski definition) is 2. The van der Waals surface area contributed by atoms with Crippen LogP contribution in [0.3, 0.4) is 0 Å². The number of thioether (sulfide) groups is 2. The van der Waals surface area contributed by atoms with E-state index in [1.54, 1.807) is 4.90 Å². The largest absolute Gasteiger partial charge is 0.699 e. The molecule has 3 N–H and O–H groups in total. The number of amides is 5. The lowest BCUT2D eigenvalue weighted by atomic mass is 9.98. The number of carbonyl (C=O) groups is 4. The molecule has 0 atom stereocenters. The number of carboxylic acid groups (broad SMARTS) is 1. The smallest absolute Gasteiger partial charge is 0.446 e. The summed E-state index contributed by atoms with van der Waals surface area (Å²) in [6.45, 7) is 5.50. The highest BCUT2D eigenvalue weighted by molar-refractivity contribution is 8.00. The molecule has 20 heteroatoms. The van der Waals surface area contributed by atoms with Crippen molar-refractivity contribution in [3.8, 4) is 0 Å². The SMILES string of the molecule is O=C(Nc1ccc(SC(F)(F)F)cc1)N1CCCN(C(=O)C2CCOCC2)CC1.O=C(O)N1CCCN(C(=O)CC2CCCC2)CC1.[NH-]c1ccc(SC(F)(F)F)cc1. The zero-order valence-corrected chi connectivity index (χ0v) is 34.2. The third-order valence-corrected chi connectivity index (χ3v) is 11.6. The van der Waals surface area contributed by atoms with Gasteiger partial charge in [-0.15, -0.1) is 5.69 Å². The summed E-state index contributed by atoms with van der Waals surface area (Å²) >= 11 is -0.369. The van der Waals surface area contributed by atoms with Crippen LogP contribution in [0.5, 0.6) is 0 Å². The third-order valence-electron chi connectivity index (χ3n) is 10.1. The summed E-state index contributed by atoms with van der Waals surface area (Å²) in [6, 6.07) is 10.4. The van der Waals surface area contributed by atoms with Gasteiger partial charge in [0.1, 0.15) is 0 Å². The molecule has 5 amide bonds. The van der Waals surface area contributed by atoms with Crippen molar-refractivity contribution in [1.82, 2.24) is 19.6 Å². The standard InChI is InChI=1S/C19H24F3N3O3S.C13H22N2O3.C7H5F3NS/c20-19(21,22)29-16-4-2-15(3-5-16)23-18(27)25-9-1-8-24(10-11-25)17(26)14-6-12-28-13-7-14;16-12(10-11-4-1-2-5-11)14-6-3-7-15(9-8-14)13(17)18;8-7(9,10)12-6-3-1-5(11)2-4-6/h2-5,14H,1,6-13H2,(H,23,27);11H,1-10H2,(H,17,18);1-4,11H/q;;-1. The molecule has 0 bridgehead atoms. The van der Waals surface area contributed by atoms with Crippen LogP contribution in [0.15, 0.2) is 58.3 Å². The van der Waals surface area contributed by atoms with Gasteiger partial charge in [0.25, 0.3) is 0 Å². The van der Waals surface area contributed by atoms with Crippen molar-refractivity contribution in [2.75, 3.05) is 70.9 Å². The first-order valence-corrected chi connectivity index (χ1v) is 21.2. The van der Waals surface area contributed by atoms with Crippen molar-refractivity contribution >= 4 is 58.8 Å². The quantitative estimate of drug-likeness (QED) is 0.216. The lowest BCUT2D eigenvalue weighted by Crippen LogP contribution is -2.42. The number of urea groups is 1. The molecular formula is C39H51F6N6O6S2-. The van der Waals surface area contributed by atoms with Crippen LogP contribution in [-0.4, -0.2) is 125 Å². The van der Waals surface area contributed by atoms with Gasteiger partial charge in [0.2, 0.25) is 11.8 Å². The van der Waals surface area contributed by atoms with E-state index in [1.165, 1.54) is 79.1 Å². The van der Waals surface area contributed by atoms with Crippen LogP contribution >= 0.6 is 23.5 Å². The molecule has 3 heterocycles. The lowest BCUT2D eigenvalue weighted by Gasteiger charge is -2.28. The molecular weight excluding hydrogens is 827 g/mol. The maximum atomic E-state index is 12.7. The second-order valence-electron chi connectivity index (χ2n) is 14.5. The van der Waals surface area contributed by atoms with Gasteiger partial charge in [-0.25, -0.2) is 9.59 Å². The van der Waals surface area contributed by atoms with E-state index in [-0.39, 0.29) is 62.8 Å². The minimum atomic E-state index is -4.34. The van der Waals surface area contributed by atoms with Crippen LogP contribution in [0, 0.1) is 11.8 Å². The fourth-order valence-electron chi connectivity index (χ4n) is 7.09. The number of ether oxygens (including phenoxy) is 1. The van der Waals surface area contributed by atoms with Gasteiger partial charge in [-0.3, -0.25) is 9.59 Å².